The van der Waals surface area contributed by atoms with Crippen molar-refractivity contribution in [2.45, 2.75) is 19.4 Å². The van der Waals surface area contributed by atoms with Gasteiger partial charge < -0.3 is 16.2 Å². The number of hydrogen-bond donors (Lipinski definition) is 3. The average molecular weight is 241 g/mol. The summed E-state index contributed by atoms with van der Waals surface area (Å²) in [5.41, 5.74) is 5.53. The number of nitrogens with zero attached hydrogens (tertiary/aromatic N) is 3. The van der Waals surface area contributed by atoms with Crippen LogP contribution in [0, 0.1) is 0 Å². The second-order valence-electron chi connectivity index (χ2n) is 3.41. The maximum absolute atomic E-state index is 11.5. The molecule has 17 heavy (non-hydrogen) atoms. The van der Waals surface area contributed by atoms with E-state index in [0.29, 0.717) is 26.1 Å². The first-order valence-corrected chi connectivity index (χ1v) is 5.23. The second-order valence-corrected chi connectivity index (χ2v) is 3.41. The second kappa shape index (κ2) is 6.59. The lowest BCUT2D eigenvalue weighted by Gasteiger charge is -2.00. The SMILES string of the molecule is NCCn1cc(C(=O)NCCCC(=O)O)nn1. The molecular formula is C9H15N5O3. The minimum absolute atomic E-state index is 0.0279. The Morgan fingerprint density at radius 1 is 1.53 bits per heavy atom. The number of carbonyl (C=O) groups is 2. The Balaban J connectivity index is 2.33. The first kappa shape index (κ1) is 13.1. The Hall–Kier alpha value is -1.96. The highest BCUT2D eigenvalue weighted by molar-refractivity contribution is 5.91. The quantitative estimate of drug-likeness (QED) is 0.517. The number of aromatic nitrogens is 3. The van der Waals surface area contributed by atoms with Crippen LogP contribution >= 0.6 is 0 Å². The normalized spacial score (nSPS) is 10.2. The van der Waals surface area contributed by atoms with Crippen molar-refractivity contribution in [3.05, 3.63) is 11.9 Å². The van der Waals surface area contributed by atoms with Crippen molar-refractivity contribution in [3.63, 3.8) is 0 Å². The minimum atomic E-state index is -0.881. The van der Waals surface area contributed by atoms with E-state index in [9.17, 15) is 9.59 Å². The van der Waals surface area contributed by atoms with Crippen molar-refractivity contribution in [2.75, 3.05) is 13.1 Å². The predicted octanol–water partition coefficient (Wildman–Crippen LogP) is -1.17. The Morgan fingerprint density at radius 2 is 2.29 bits per heavy atom. The molecule has 94 valence electrons. The molecule has 8 heteroatoms. The van der Waals surface area contributed by atoms with Crippen LogP contribution in [0.15, 0.2) is 6.20 Å². The zero-order valence-corrected chi connectivity index (χ0v) is 9.30. The van der Waals surface area contributed by atoms with Gasteiger partial charge >= 0.3 is 5.97 Å². The fraction of sp³-hybridized carbons (Fsp3) is 0.556. The predicted molar refractivity (Wildman–Crippen MR) is 58.3 cm³/mol. The molecule has 1 amide bonds. The number of nitrogens with two attached hydrogens (primary N) is 1. The van der Waals surface area contributed by atoms with E-state index >= 15 is 0 Å². The number of rotatable bonds is 7. The molecule has 1 aromatic heterocycles. The third-order valence-corrected chi connectivity index (χ3v) is 1.98. The Labute approximate surface area is 97.8 Å². The molecule has 0 unspecified atom stereocenters. The smallest absolute Gasteiger partial charge is 0.303 e. The van der Waals surface area contributed by atoms with Gasteiger partial charge in [0.05, 0.1) is 12.7 Å². The molecule has 0 aliphatic rings. The molecule has 0 aliphatic heterocycles. The molecule has 0 spiro atoms. The molecule has 0 aliphatic carbocycles. The van der Waals surface area contributed by atoms with Crippen LogP contribution in [0.25, 0.3) is 0 Å². The molecule has 0 radical (unpaired) electrons. The van der Waals surface area contributed by atoms with Gasteiger partial charge in [-0.3, -0.25) is 14.3 Å². The van der Waals surface area contributed by atoms with Gasteiger partial charge in [-0.2, -0.15) is 0 Å². The van der Waals surface area contributed by atoms with Gasteiger partial charge in [0, 0.05) is 19.5 Å². The van der Waals surface area contributed by atoms with Crippen LogP contribution in [0.2, 0.25) is 0 Å². The number of carboxylic acid groups (broad SMARTS) is 1. The largest absolute Gasteiger partial charge is 0.481 e. The standard InChI is InChI=1S/C9H15N5O3/c10-3-5-14-6-7(12-13-14)9(17)11-4-1-2-8(15)16/h6H,1-5,10H2,(H,11,17)(H,15,16). The molecule has 1 aromatic rings. The Bertz CT molecular complexity index is 390. The zero-order chi connectivity index (χ0) is 12.7. The van der Waals surface area contributed by atoms with Gasteiger partial charge in [0.2, 0.25) is 0 Å². The highest BCUT2D eigenvalue weighted by atomic mass is 16.4. The fourth-order valence-corrected chi connectivity index (χ4v) is 1.18. The van der Waals surface area contributed by atoms with E-state index in [1.165, 1.54) is 10.9 Å². The van der Waals surface area contributed by atoms with Crippen LogP contribution in [-0.2, 0) is 11.3 Å². The molecule has 1 heterocycles. The van der Waals surface area contributed by atoms with Crippen LogP contribution in [-0.4, -0.2) is 45.1 Å². The molecule has 0 atom stereocenters. The van der Waals surface area contributed by atoms with Crippen molar-refractivity contribution in [2.24, 2.45) is 5.73 Å². The Morgan fingerprint density at radius 3 is 2.94 bits per heavy atom. The summed E-state index contributed by atoms with van der Waals surface area (Å²) >= 11 is 0. The van der Waals surface area contributed by atoms with Gasteiger partial charge in [0.15, 0.2) is 5.69 Å². The summed E-state index contributed by atoms with van der Waals surface area (Å²) in [5.74, 6) is -1.24. The lowest BCUT2D eigenvalue weighted by atomic mass is 10.3. The number of nitrogens with one attached hydrogen (secondary N) is 1. The van der Waals surface area contributed by atoms with E-state index in [1.807, 2.05) is 0 Å². The number of carboxylic acids is 1. The van der Waals surface area contributed by atoms with Gasteiger partial charge in [-0.05, 0) is 6.42 Å². The maximum atomic E-state index is 11.5. The number of aliphatic carboxylic acids is 1. The van der Waals surface area contributed by atoms with Crippen molar-refractivity contribution in [3.8, 4) is 0 Å². The van der Waals surface area contributed by atoms with E-state index in [2.05, 4.69) is 15.6 Å². The topological polar surface area (TPSA) is 123 Å². The summed E-state index contributed by atoms with van der Waals surface area (Å²) in [6.07, 6.45) is 1.91. The number of carbonyl (C=O) groups excluding carboxylic acids is 1. The van der Waals surface area contributed by atoms with Crippen LogP contribution in [0.3, 0.4) is 0 Å². The first-order chi connectivity index (χ1) is 8.13. The van der Waals surface area contributed by atoms with Crippen LogP contribution in [0.4, 0.5) is 0 Å². The van der Waals surface area contributed by atoms with Crippen LogP contribution < -0.4 is 11.1 Å². The van der Waals surface area contributed by atoms with E-state index in [-0.39, 0.29) is 18.0 Å². The lowest BCUT2D eigenvalue weighted by Crippen LogP contribution is -2.25. The molecule has 8 nitrogen and oxygen atoms in total. The maximum Gasteiger partial charge on any atom is 0.303 e. The van der Waals surface area contributed by atoms with Gasteiger partial charge in [0.1, 0.15) is 0 Å². The van der Waals surface area contributed by atoms with E-state index < -0.39 is 5.97 Å². The molecule has 4 N–H and O–H groups in total. The van der Waals surface area contributed by atoms with Crippen molar-refractivity contribution >= 4 is 11.9 Å². The molecule has 0 aromatic carbocycles. The number of hydrogen-bond acceptors (Lipinski definition) is 5. The zero-order valence-electron chi connectivity index (χ0n) is 9.30. The third kappa shape index (κ3) is 4.60. The van der Waals surface area contributed by atoms with Crippen molar-refractivity contribution < 1.29 is 14.7 Å². The van der Waals surface area contributed by atoms with Gasteiger partial charge in [0.25, 0.3) is 5.91 Å². The van der Waals surface area contributed by atoms with Gasteiger partial charge in [-0.15, -0.1) is 5.10 Å². The summed E-state index contributed by atoms with van der Waals surface area (Å²) in [4.78, 5) is 21.7. The Kier molecular flexibility index (Phi) is 5.08. The van der Waals surface area contributed by atoms with Gasteiger partial charge in [-0.1, -0.05) is 5.21 Å². The molecule has 1 rings (SSSR count). The molecule has 0 saturated heterocycles. The van der Waals surface area contributed by atoms with Crippen molar-refractivity contribution in [1.82, 2.24) is 20.3 Å². The van der Waals surface area contributed by atoms with Crippen molar-refractivity contribution in [1.29, 1.82) is 0 Å². The van der Waals surface area contributed by atoms with E-state index in [4.69, 9.17) is 10.8 Å². The summed E-state index contributed by atoms with van der Waals surface area (Å²) in [5, 5.41) is 18.4. The van der Waals surface area contributed by atoms with E-state index in [0.717, 1.165) is 0 Å². The fourth-order valence-electron chi connectivity index (χ4n) is 1.18. The number of amides is 1. The van der Waals surface area contributed by atoms with E-state index in [1.54, 1.807) is 0 Å². The molecule has 0 saturated carbocycles. The summed E-state index contributed by atoms with van der Waals surface area (Å²) < 4.78 is 1.48. The lowest BCUT2D eigenvalue weighted by molar-refractivity contribution is -0.137. The average Bonchev–Trinajstić information content (AvgIpc) is 2.73. The minimum Gasteiger partial charge on any atom is -0.481 e. The third-order valence-electron chi connectivity index (χ3n) is 1.98. The summed E-state index contributed by atoms with van der Waals surface area (Å²) in [6.45, 7) is 1.22. The summed E-state index contributed by atoms with van der Waals surface area (Å²) in [6, 6.07) is 0. The molecular weight excluding hydrogens is 226 g/mol. The van der Waals surface area contributed by atoms with Gasteiger partial charge in [-0.25, -0.2) is 0 Å². The highest BCUT2D eigenvalue weighted by Crippen LogP contribution is 1.93. The molecule has 0 fully saturated rings. The first-order valence-electron chi connectivity index (χ1n) is 5.23. The monoisotopic (exact) mass is 241 g/mol. The summed E-state index contributed by atoms with van der Waals surface area (Å²) in [7, 11) is 0. The van der Waals surface area contributed by atoms with Crippen LogP contribution in [0.1, 0.15) is 23.3 Å². The highest BCUT2D eigenvalue weighted by Gasteiger charge is 2.09. The van der Waals surface area contributed by atoms with Crippen LogP contribution in [0.5, 0.6) is 0 Å². The molecule has 0 bridgehead atoms.